The molecule has 0 fully saturated rings. The molecule has 0 spiro atoms. The van der Waals surface area contributed by atoms with Gasteiger partial charge in [0.2, 0.25) is 0 Å². The molecule has 4 heteroatoms. The Kier molecular flexibility index (Phi) is 130. The van der Waals surface area contributed by atoms with Crippen LogP contribution in [0.25, 0.3) is 0 Å². The summed E-state index contributed by atoms with van der Waals surface area (Å²) in [5, 5.41) is 0. The molecule has 15 valence electrons. The van der Waals surface area contributed by atoms with Crippen molar-refractivity contribution in [2.45, 2.75) is 0 Å². The Morgan fingerprint density at radius 1 is 0.500 bits per heavy atom. The van der Waals surface area contributed by atoms with Gasteiger partial charge in [0.15, 0.2) is 0 Å². The summed E-state index contributed by atoms with van der Waals surface area (Å²) in [6.45, 7) is 0. The molecule has 4 heavy (non-hydrogen) atoms. The summed E-state index contributed by atoms with van der Waals surface area (Å²) < 4.78 is 0. The average molecular weight is 171 g/mol. The van der Waals surface area contributed by atoms with Crippen molar-refractivity contribution in [3.63, 3.8) is 0 Å². The summed E-state index contributed by atoms with van der Waals surface area (Å²) in [6.07, 6.45) is 0. The second-order valence-electron chi connectivity index (χ2n) is 0. The maximum Gasteiger partial charge on any atom is 0 e. The van der Waals surface area contributed by atoms with E-state index in [1.165, 1.54) is 0 Å². The Bertz CT molecular complexity index is 3.25. The minimum absolute atomic E-state index is 0. The first-order chi connectivity index (χ1) is 0. The largest absolute Gasteiger partial charge is 0 e. The van der Waals surface area contributed by atoms with Crippen LogP contribution in [0.15, 0.2) is 0 Å². The van der Waals surface area contributed by atoms with E-state index >= 15 is 0 Å². The van der Waals surface area contributed by atoms with Crippen molar-refractivity contribution < 1.29 is 65.2 Å². The van der Waals surface area contributed by atoms with E-state index in [0.29, 0.717) is 0 Å². The van der Waals surface area contributed by atoms with E-state index in [1.807, 2.05) is 0 Å². The molecular weight excluding hydrogens is 171 g/mol. The summed E-state index contributed by atoms with van der Waals surface area (Å²) in [6, 6.07) is 0. The van der Waals surface area contributed by atoms with Gasteiger partial charge in [-0.25, -0.2) is 0 Å². The van der Waals surface area contributed by atoms with Gasteiger partial charge in [-0.05, 0) is 0 Å². The minimum Gasteiger partial charge on any atom is 0 e. The van der Waals surface area contributed by atoms with Crippen LogP contribution in [0.1, 0.15) is 0 Å². The zero-order valence-corrected chi connectivity index (χ0v) is 7.92. The fraction of sp³-hybridized carbons (Fsp3) is 0. The van der Waals surface area contributed by atoms with Crippen LogP contribution in [0.3, 0.4) is 0 Å². The third kappa shape index (κ3) is 8.82. The summed E-state index contributed by atoms with van der Waals surface area (Å²) in [5.41, 5.74) is 0. The SMILES string of the molecule is [Al].[Ti].[Ti].[Ti]. The van der Waals surface area contributed by atoms with Gasteiger partial charge in [0, 0.05) is 82.5 Å². The molecule has 0 heterocycles. The molecule has 0 aromatic rings. The van der Waals surface area contributed by atoms with Gasteiger partial charge in [-0.1, -0.05) is 0 Å². The summed E-state index contributed by atoms with van der Waals surface area (Å²) >= 11 is 0. The molecule has 0 unspecified atom stereocenters. The molecule has 0 nitrogen and oxygen atoms in total. The molecule has 0 aromatic heterocycles. The Morgan fingerprint density at radius 3 is 0.500 bits per heavy atom. The van der Waals surface area contributed by atoms with Crippen molar-refractivity contribution in [1.29, 1.82) is 0 Å². The molecule has 0 aliphatic rings. The topological polar surface area (TPSA) is 0 Å². The van der Waals surface area contributed by atoms with Crippen molar-refractivity contribution >= 4 is 17.4 Å². The van der Waals surface area contributed by atoms with Crippen LogP contribution in [0.2, 0.25) is 0 Å². The molecule has 0 bridgehead atoms. The van der Waals surface area contributed by atoms with Crippen LogP contribution >= 0.6 is 0 Å². The van der Waals surface area contributed by atoms with E-state index in [4.69, 9.17) is 0 Å². The van der Waals surface area contributed by atoms with Gasteiger partial charge in [-0.15, -0.1) is 0 Å². The normalized spacial score (nSPS) is 0. The van der Waals surface area contributed by atoms with Gasteiger partial charge >= 0.3 is 0 Å². The summed E-state index contributed by atoms with van der Waals surface area (Å²) in [5.74, 6) is 0. The first-order valence-electron chi connectivity index (χ1n) is 0. The first kappa shape index (κ1) is 30.0. The van der Waals surface area contributed by atoms with E-state index in [-0.39, 0.29) is 82.5 Å². The average Bonchev–Trinajstić information content (AvgIpc) is 0. The van der Waals surface area contributed by atoms with Gasteiger partial charge < -0.3 is 0 Å². The second kappa shape index (κ2) is 17.3. The third-order valence-corrected chi connectivity index (χ3v) is 0. The number of hydrogen-bond acceptors (Lipinski definition) is 0. The van der Waals surface area contributed by atoms with E-state index in [0.717, 1.165) is 0 Å². The van der Waals surface area contributed by atoms with Gasteiger partial charge in [-0.3, -0.25) is 0 Å². The van der Waals surface area contributed by atoms with Crippen LogP contribution < -0.4 is 0 Å². The van der Waals surface area contributed by atoms with Crippen LogP contribution in [0.4, 0.5) is 0 Å². The minimum atomic E-state index is 0. The van der Waals surface area contributed by atoms with Gasteiger partial charge in [0.25, 0.3) is 0 Å². The van der Waals surface area contributed by atoms with Crippen LogP contribution in [-0.4, -0.2) is 17.4 Å². The quantitative estimate of drug-likeness (QED) is 0.435. The number of rotatable bonds is 0. The Morgan fingerprint density at radius 2 is 0.500 bits per heavy atom. The van der Waals surface area contributed by atoms with Crippen LogP contribution in [0.5, 0.6) is 0 Å². The fourth-order valence-corrected chi connectivity index (χ4v) is 0. The van der Waals surface area contributed by atoms with Gasteiger partial charge in [-0.2, -0.15) is 0 Å². The molecule has 0 aliphatic heterocycles. The zero-order valence-electron chi connectivity index (χ0n) is 2.08. The predicted molar refractivity (Wildman–Crippen MR) is 5.75 cm³/mol. The smallest absolute Gasteiger partial charge is 0 e. The molecule has 0 aromatic carbocycles. The molecule has 0 amide bonds. The Balaban J connectivity index is 0. The molecule has 0 N–H and O–H groups in total. The van der Waals surface area contributed by atoms with E-state index in [2.05, 4.69) is 0 Å². The van der Waals surface area contributed by atoms with Crippen molar-refractivity contribution in [2.75, 3.05) is 0 Å². The maximum atomic E-state index is 0. The zero-order chi connectivity index (χ0) is 0. The standard InChI is InChI=1S/Al.3Ti. The molecular formula is AlTi3. The molecule has 0 saturated carbocycles. The molecule has 0 aliphatic carbocycles. The van der Waals surface area contributed by atoms with Crippen molar-refractivity contribution in [3.8, 4) is 0 Å². The van der Waals surface area contributed by atoms with E-state index in [9.17, 15) is 0 Å². The first-order valence-corrected chi connectivity index (χ1v) is 0. The second-order valence-corrected chi connectivity index (χ2v) is 0. The Labute approximate surface area is 81.3 Å². The molecule has 0 rings (SSSR count). The maximum absolute atomic E-state index is 0. The third-order valence-electron chi connectivity index (χ3n) is 0. The van der Waals surface area contributed by atoms with Crippen molar-refractivity contribution in [3.05, 3.63) is 0 Å². The predicted octanol–water partition coefficient (Wildman–Crippen LogP) is -0.388. The van der Waals surface area contributed by atoms with Crippen molar-refractivity contribution in [2.24, 2.45) is 0 Å². The van der Waals surface area contributed by atoms with E-state index in [1.54, 1.807) is 0 Å². The molecule has 3 radical (unpaired) electrons. The number of hydrogen-bond donors (Lipinski definition) is 0. The summed E-state index contributed by atoms with van der Waals surface area (Å²) in [7, 11) is 0. The van der Waals surface area contributed by atoms with E-state index < -0.39 is 0 Å². The Hall–Kier alpha value is 2.68. The van der Waals surface area contributed by atoms with Crippen molar-refractivity contribution in [1.82, 2.24) is 0 Å². The molecule has 0 saturated heterocycles. The molecule has 0 atom stereocenters. The van der Waals surface area contributed by atoms with Gasteiger partial charge in [0.05, 0.1) is 0 Å². The van der Waals surface area contributed by atoms with Crippen LogP contribution in [0, 0.1) is 0 Å². The monoisotopic (exact) mass is 171 g/mol. The van der Waals surface area contributed by atoms with Crippen LogP contribution in [-0.2, 0) is 65.2 Å². The van der Waals surface area contributed by atoms with Gasteiger partial charge in [0.1, 0.15) is 0 Å². The fourth-order valence-electron chi connectivity index (χ4n) is 0. The summed E-state index contributed by atoms with van der Waals surface area (Å²) in [4.78, 5) is 0.